The molecule has 5 rings (SSSR count). The number of carbonyl (C=O) groups is 2. The summed E-state index contributed by atoms with van der Waals surface area (Å²) in [6.07, 6.45) is -3.51. The third kappa shape index (κ3) is 4.38. The van der Waals surface area contributed by atoms with Crippen LogP contribution in [-0.2, 0) is 29.3 Å². The third-order valence-corrected chi connectivity index (χ3v) is 6.54. The normalized spacial score (nSPS) is 15.5. The molecule has 9 nitrogen and oxygen atoms in total. The lowest BCUT2D eigenvalue weighted by molar-refractivity contribution is -0.167. The molecule has 1 atom stereocenters. The van der Waals surface area contributed by atoms with E-state index in [-0.39, 0.29) is 16.9 Å². The van der Waals surface area contributed by atoms with Gasteiger partial charge in [0.1, 0.15) is 17.7 Å². The average Bonchev–Trinajstić information content (AvgIpc) is 3.23. The zero-order valence-corrected chi connectivity index (χ0v) is 20.3. The molecule has 2 aromatic heterocycles. The second-order valence-corrected chi connectivity index (χ2v) is 8.94. The first kappa shape index (κ1) is 25.4. The highest BCUT2D eigenvalue weighted by Crippen LogP contribution is 2.32. The van der Waals surface area contributed by atoms with Crippen LogP contribution in [0.3, 0.4) is 0 Å². The Bertz CT molecular complexity index is 1580. The predicted octanol–water partition coefficient (Wildman–Crippen LogP) is 3.67. The Labute approximate surface area is 213 Å². The van der Waals surface area contributed by atoms with E-state index < -0.39 is 42.0 Å². The molecule has 1 saturated heterocycles. The van der Waals surface area contributed by atoms with E-state index in [9.17, 15) is 27.2 Å². The largest absolute Gasteiger partial charge is 0.416 e. The number of nitrogens with zero attached hydrogens (tertiary/aromatic N) is 5. The number of amides is 2. The van der Waals surface area contributed by atoms with Crippen molar-refractivity contribution in [3.8, 4) is 0 Å². The van der Waals surface area contributed by atoms with Crippen molar-refractivity contribution in [3.63, 3.8) is 0 Å². The SMILES string of the molecule is CN(C(=O)[C@H]1CCO1)N(Cc1ccc(C(F)(F)F)cc1F)C(=O)c1ccc2nc(N)c3cnn(C)c3c2c1. The monoisotopic (exact) mass is 530 g/mol. The van der Waals surface area contributed by atoms with Gasteiger partial charge in [-0.1, -0.05) is 6.07 Å². The molecule has 0 spiro atoms. The molecule has 2 aromatic carbocycles. The number of hydrazine groups is 1. The average molecular weight is 530 g/mol. The summed E-state index contributed by atoms with van der Waals surface area (Å²) in [5.41, 5.74) is 5.94. The molecular formula is C25H22F4N6O3. The van der Waals surface area contributed by atoms with E-state index in [0.29, 0.717) is 40.9 Å². The first-order chi connectivity index (χ1) is 18.0. The van der Waals surface area contributed by atoms with Crippen LogP contribution in [0.25, 0.3) is 21.8 Å². The predicted molar refractivity (Wildman–Crippen MR) is 129 cm³/mol. The number of nitrogen functional groups attached to an aromatic ring is 1. The maximum absolute atomic E-state index is 14.7. The quantitative estimate of drug-likeness (QED) is 0.319. The number of fused-ring (bicyclic) bond motifs is 3. The van der Waals surface area contributed by atoms with Crippen LogP contribution in [0.15, 0.2) is 42.6 Å². The Kier molecular flexibility index (Phi) is 6.18. The van der Waals surface area contributed by atoms with Crippen molar-refractivity contribution in [1.29, 1.82) is 0 Å². The number of aryl methyl sites for hydroxylation is 1. The Hall–Kier alpha value is -4.26. The van der Waals surface area contributed by atoms with Crippen LogP contribution >= 0.6 is 0 Å². The van der Waals surface area contributed by atoms with Gasteiger partial charge in [-0.05, 0) is 30.3 Å². The zero-order chi connectivity index (χ0) is 27.4. The van der Waals surface area contributed by atoms with Gasteiger partial charge >= 0.3 is 6.18 Å². The van der Waals surface area contributed by atoms with Gasteiger partial charge in [-0.15, -0.1) is 0 Å². The van der Waals surface area contributed by atoms with E-state index in [4.69, 9.17) is 10.5 Å². The van der Waals surface area contributed by atoms with Crippen LogP contribution in [0, 0.1) is 5.82 Å². The highest BCUT2D eigenvalue weighted by Gasteiger charge is 2.35. The molecule has 13 heteroatoms. The van der Waals surface area contributed by atoms with E-state index in [0.717, 1.165) is 22.2 Å². The maximum Gasteiger partial charge on any atom is 0.416 e. The number of hydrogen-bond acceptors (Lipinski definition) is 6. The summed E-state index contributed by atoms with van der Waals surface area (Å²) in [6.45, 7) is -0.121. The number of benzene rings is 2. The molecule has 0 bridgehead atoms. The number of aromatic nitrogens is 3. The van der Waals surface area contributed by atoms with Gasteiger partial charge in [-0.25, -0.2) is 14.4 Å². The van der Waals surface area contributed by atoms with Gasteiger partial charge in [0.25, 0.3) is 11.8 Å². The molecule has 2 amide bonds. The van der Waals surface area contributed by atoms with Crippen molar-refractivity contribution < 1.29 is 31.9 Å². The minimum Gasteiger partial charge on any atom is -0.383 e. The molecule has 38 heavy (non-hydrogen) atoms. The van der Waals surface area contributed by atoms with Gasteiger partial charge in [0.15, 0.2) is 0 Å². The van der Waals surface area contributed by atoms with E-state index >= 15 is 0 Å². The Morgan fingerprint density at radius 2 is 1.92 bits per heavy atom. The lowest BCUT2D eigenvalue weighted by Gasteiger charge is -2.36. The highest BCUT2D eigenvalue weighted by atomic mass is 19.4. The first-order valence-corrected chi connectivity index (χ1v) is 11.5. The van der Waals surface area contributed by atoms with Gasteiger partial charge in [0.2, 0.25) is 0 Å². The number of hydrogen-bond donors (Lipinski definition) is 1. The second kappa shape index (κ2) is 9.24. The number of pyridine rings is 1. The molecule has 0 aliphatic carbocycles. The van der Waals surface area contributed by atoms with E-state index in [2.05, 4.69) is 10.1 Å². The molecule has 198 valence electrons. The van der Waals surface area contributed by atoms with E-state index in [1.54, 1.807) is 30.1 Å². The van der Waals surface area contributed by atoms with E-state index in [1.165, 1.54) is 13.1 Å². The van der Waals surface area contributed by atoms with Crippen LogP contribution in [-0.4, -0.2) is 56.4 Å². The van der Waals surface area contributed by atoms with Crippen LogP contribution in [0.4, 0.5) is 23.4 Å². The van der Waals surface area contributed by atoms with E-state index in [1.807, 2.05) is 0 Å². The number of anilines is 1. The summed E-state index contributed by atoms with van der Waals surface area (Å²) >= 11 is 0. The fourth-order valence-corrected chi connectivity index (χ4v) is 4.32. The summed E-state index contributed by atoms with van der Waals surface area (Å²) in [5.74, 6) is -2.12. The van der Waals surface area contributed by atoms with Crippen LogP contribution in [0.2, 0.25) is 0 Å². The fourth-order valence-electron chi connectivity index (χ4n) is 4.32. The van der Waals surface area contributed by atoms with Gasteiger partial charge in [-0.3, -0.25) is 19.3 Å². The van der Waals surface area contributed by atoms with Crippen molar-refractivity contribution in [2.24, 2.45) is 7.05 Å². The Morgan fingerprint density at radius 3 is 2.55 bits per heavy atom. The summed E-state index contributed by atoms with van der Waals surface area (Å²) in [5, 5.41) is 7.34. The molecule has 1 fully saturated rings. The Morgan fingerprint density at radius 1 is 1.18 bits per heavy atom. The van der Waals surface area contributed by atoms with Crippen molar-refractivity contribution in [2.75, 3.05) is 19.4 Å². The first-order valence-electron chi connectivity index (χ1n) is 11.5. The summed E-state index contributed by atoms with van der Waals surface area (Å²) < 4.78 is 60.7. The molecule has 1 aliphatic rings. The number of carbonyl (C=O) groups excluding carboxylic acids is 2. The minimum absolute atomic E-state index is 0.132. The fraction of sp³-hybridized carbons (Fsp3) is 0.280. The molecule has 3 heterocycles. The number of alkyl halides is 3. The standard InChI is InChI=1S/C25H22F4N6O3/c1-33-21-16-9-13(4-6-19(16)32-22(30)17(21)11-31-33)23(36)35(34(2)24(37)20-7-8-38-20)12-14-3-5-15(10-18(14)26)25(27,28)29/h3-6,9-11,20H,7-8,12H2,1-2H3,(H2,30,32)/t20-/m1/s1. The lowest BCUT2D eigenvalue weighted by atomic mass is 10.1. The molecule has 0 unspecified atom stereocenters. The molecule has 2 N–H and O–H groups in total. The highest BCUT2D eigenvalue weighted by molar-refractivity contribution is 6.10. The van der Waals surface area contributed by atoms with Gasteiger partial charge in [0, 0.05) is 37.0 Å². The lowest BCUT2D eigenvalue weighted by Crippen LogP contribution is -2.53. The number of nitrogens with two attached hydrogens (primary N) is 1. The molecule has 0 radical (unpaired) electrons. The van der Waals surface area contributed by atoms with Gasteiger partial charge in [-0.2, -0.15) is 18.3 Å². The van der Waals surface area contributed by atoms with Crippen LogP contribution in [0.1, 0.15) is 27.9 Å². The topological polar surface area (TPSA) is 107 Å². The molecule has 4 aromatic rings. The third-order valence-electron chi connectivity index (χ3n) is 6.54. The summed E-state index contributed by atoms with van der Waals surface area (Å²) in [6, 6.07) is 6.65. The maximum atomic E-state index is 14.7. The number of halogens is 4. The van der Waals surface area contributed by atoms with Crippen molar-refractivity contribution in [2.45, 2.75) is 25.2 Å². The summed E-state index contributed by atoms with van der Waals surface area (Å²) in [7, 11) is 3.03. The zero-order valence-electron chi connectivity index (χ0n) is 20.3. The van der Waals surface area contributed by atoms with Crippen molar-refractivity contribution in [1.82, 2.24) is 24.8 Å². The van der Waals surface area contributed by atoms with Crippen LogP contribution < -0.4 is 5.73 Å². The second-order valence-electron chi connectivity index (χ2n) is 8.94. The van der Waals surface area contributed by atoms with Gasteiger partial charge in [0.05, 0.1) is 41.3 Å². The minimum atomic E-state index is -4.73. The number of ether oxygens (including phenoxy) is 1. The van der Waals surface area contributed by atoms with Crippen molar-refractivity contribution in [3.05, 3.63) is 65.1 Å². The van der Waals surface area contributed by atoms with Crippen LogP contribution in [0.5, 0.6) is 0 Å². The van der Waals surface area contributed by atoms with Crippen molar-refractivity contribution >= 4 is 39.4 Å². The Balaban J connectivity index is 1.56. The molecule has 1 aliphatic heterocycles. The molecular weight excluding hydrogens is 508 g/mol. The summed E-state index contributed by atoms with van der Waals surface area (Å²) in [4.78, 5) is 31.0. The number of rotatable bonds is 4. The number of likely N-dealkylation sites (N-methyl/N-ethyl adjacent to an activating group) is 1. The molecule has 0 saturated carbocycles. The smallest absolute Gasteiger partial charge is 0.383 e. The van der Waals surface area contributed by atoms with Gasteiger partial charge < -0.3 is 10.5 Å².